The van der Waals surface area contributed by atoms with E-state index in [1.54, 1.807) is 25.6 Å². The van der Waals surface area contributed by atoms with Crippen LogP contribution in [-0.4, -0.2) is 36.0 Å². The highest BCUT2D eigenvalue weighted by atomic mass is 16.5. The van der Waals surface area contributed by atoms with E-state index in [0.29, 0.717) is 16.9 Å². The van der Waals surface area contributed by atoms with Crippen LogP contribution in [0.15, 0.2) is 79.6 Å². The van der Waals surface area contributed by atoms with E-state index >= 15 is 0 Å². The molecular formula is C30H34N4O3. The predicted molar refractivity (Wildman–Crippen MR) is 146 cm³/mol. The Hall–Kier alpha value is -4.13. The fourth-order valence-corrected chi connectivity index (χ4v) is 4.89. The van der Waals surface area contributed by atoms with Crippen LogP contribution in [0.4, 0.5) is 5.82 Å². The lowest BCUT2D eigenvalue weighted by Crippen LogP contribution is -2.36. The van der Waals surface area contributed by atoms with E-state index < -0.39 is 0 Å². The van der Waals surface area contributed by atoms with Gasteiger partial charge in [-0.25, -0.2) is 4.98 Å². The molecule has 1 aliphatic rings. The Kier molecular flexibility index (Phi) is 8.23. The molecule has 7 heteroatoms. The van der Waals surface area contributed by atoms with Crippen LogP contribution < -0.4 is 20.3 Å². The van der Waals surface area contributed by atoms with E-state index in [-0.39, 0.29) is 29.9 Å². The van der Waals surface area contributed by atoms with E-state index in [9.17, 15) is 9.59 Å². The molecule has 2 N–H and O–H groups in total. The van der Waals surface area contributed by atoms with Crippen LogP contribution in [-0.2, 0) is 0 Å². The Labute approximate surface area is 218 Å². The Morgan fingerprint density at radius 3 is 2.54 bits per heavy atom. The second-order valence-electron chi connectivity index (χ2n) is 9.37. The zero-order valence-electron chi connectivity index (χ0n) is 21.6. The molecule has 1 fully saturated rings. The minimum atomic E-state index is -0.169. The van der Waals surface area contributed by atoms with Crippen molar-refractivity contribution in [1.29, 1.82) is 0 Å². The molecule has 4 rings (SSSR count). The average molecular weight is 499 g/mol. The van der Waals surface area contributed by atoms with Gasteiger partial charge in [0.05, 0.1) is 18.7 Å². The third kappa shape index (κ3) is 6.00. The van der Waals surface area contributed by atoms with Gasteiger partial charge >= 0.3 is 0 Å². The highest BCUT2D eigenvalue weighted by molar-refractivity contribution is 5.96. The van der Waals surface area contributed by atoms with Crippen molar-refractivity contribution < 1.29 is 14.3 Å². The van der Waals surface area contributed by atoms with Crippen molar-refractivity contribution in [2.24, 2.45) is 0 Å². The molecule has 37 heavy (non-hydrogen) atoms. The van der Waals surface area contributed by atoms with Crippen molar-refractivity contribution >= 4 is 17.6 Å². The van der Waals surface area contributed by atoms with Gasteiger partial charge in [-0.05, 0) is 69.1 Å². The zero-order valence-corrected chi connectivity index (χ0v) is 21.6. The summed E-state index contributed by atoms with van der Waals surface area (Å²) in [5, 5.41) is 6.19. The zero-order chi connectivity index (χ0) is 26.4. The highest BCUT2D eigenvalue weighted by Gasteiger charge is 2.30. The van der Waals surface area contributed by atoms with Gasteiger partial charge in [0.15, 0.2) is 0 Å². The van der Waals surface area contributed by atoms with Gasteiger partial charge in [0.1, 0.15) is 11.6 Å². The maximum absolute atomic E-state index is 12.9. The quantitative estimate of drug-likeness (QED) is 0.424. The Morgan fingerprint density at radius 2 is 1.86 bits per heavy atom. The lowest BCUT2D eigenvalue weighted by atomic mass is 10.1. The normalized spacial score (nSPS) is 17.5. The summed E-state index contributed by atoms with van der Waals surface area (Å²) in [6, 6.07) is 19.1. The van der Waals surface area contributed by atoms with Crippen LogP contribution in [0.1, 0.15) is 64.1 Å². The number of carbonyl (C=O) groups excluding carboxylic acids is 2. The molecule has 3 aromatic rings. The summed E-state index contributed by atoms with van der Waals surface area (Å²) < 4.78 is 5.35. The van der Waals surface area contributed by atoms with Gasteiger partial charge in [-0.1, -0.05) is 43.0 Å². The minimum absolute atomic E-state index is 0.0510. The summed E-state index contributed by atoms with van der Waals surface area (Å²) >= 11 is 0. The molecule has 0 radical (unpaired) electrons. The second-order valence-corrected chi connectivity index (χ2v) is 9.37. The minimum Gasteiger partial charge on any atom is -0.496 e. The van der Waals surface area contributed by atoms with Gasteiger partial charge < -0.3 is 20.3 Å². The van der Waals surface area contributed by atoms with Crippen molar-refractivity contribution in [2.75, 3.05) is 12.0 Å². The van der Waals surface area contributed by atoms with Crippen LogP contribution in [0.2, 0.25) is 0 Å². The van der Waals surface area contributed by atoms with E-state index in [0.717, 1.165) is 36.2 Å². The number of benzene rings is 2. The molecule has 2 aromatic carbocycles. The van der Waals surface area contributed by atoms with Crippen molar-refractivity contribution in [3.8, 4) is 5.75 Å². The van der Waals surface area contributed by atoms with Crippen LogP contribution >= 0.6 is 0 Å². The predicted octanol–water partition coefficient (Wildman–Crippen LogP) is 5.19. The molecule has 0 spiro atoms. The molecule has 0 aliphatic heterocycles. The number of hydrogen-bond donors (Lipinski definition) is 2. The second kappa shape index (κ2) is 11.7. The number of methoxy groups -OCH3 is 1. The first kappa shape index (κ1) is 25.9. The molecule has 0 bridgehead atoms. The fraction of sp³-hybridized carbons (Fsp3) is 0.300. The van der Waals surface area contributed by atoms with Crippen LogP contribution in [0.3, 0.4) is 0 Å². The first-order valence-electron chi connectivity index (χ1n) is 12.6. The van der Waals surface area contributed by atoms with Gasteiger partial charge in [-0.15, -0.1) is 0 Å². The molecule has 2 amide bonds. The number of hydrogen-bond acceptors (Lipinski definition) is 5. The third-order valence-corrected chi connectivity index (χ3v) is 7.00. The van der Waals surface area contributed by atoms with Crippen molar-refractivity contribution in [1.82, 2.24) is 15.6 Å². The number of nitrogens with zero attached hydrogens (tertiary/aromatic N) is 2. The molecule has 3 atom stereocenters. The van der Waals surface area contributed by atoms with Gasteiger partial charge in [0.2, 0.25) is 0 Å². The van der Waals surface area contributed by atoms with Crippen molar-refractivity contribution in [3.05, 3.63) is 102 Å². The molecule has 1 aliphatic carbocycles. The molecular weight excluding hydrogens is 464 g/mol. The van der Waals surface area contributed by atoms with Crippen LogP contribution in [0.5, 0.6) is 5.75 Å². The van der Waals surface area contributed by atoms with E-state index in [1.165, 1.54) is 0 Å². The van der Waals surface area contributed by atoms with Gasteiger partial charge in [-0.2, -0.15) is 0 Å². The molecule has 1 aromatic heterocycles. The maximum Gasteiger partial charge on any atom is 0.253 e. The number of amides is 2. The molecule has 1 heterocycles. The molecule has 3 unspecified atom stereocenters. The fourth-order valence-electron chi connectivity index (χ4n) is 4.89. The first-order chi connectivity index (χ1) is 17.9. The summed E-state index contributed by atoms with van der Waals surface area (Å²) in [5.74, 6) is 1.17. The third-order valence-electron chi connectivity index (χ3n) is 7.00. The van der Waals surface area contributed by atoms with Gasteiger partial charge in [0.25, 0.3) is 11.8 Å². The SMILES string of the molecule is C=CN(c1ccc(C(=O)NC(C)c2ccccc2)cn1)C1CCC(NC(=O)c2cccc(OC)c2C)C1. The number of nitrogens with one attached hydrogen (secondary N) is 2. The summed E-state index contributed by atoms with van der Waals surface area (Å²) in [7, 11) is 1.60. The van der Waals surface area contributed by atoms with Gasteiger partial charge in [-0.3, -0.25) is 9.59 Å². The van der Waals surface area contributed by atoms with Crippen molar-refractivity contribution in [3.63, 3.8) is 0 Å². The number of anilines is 1. The highest BCUT2D eigenvalue weighted by Crippen LogP contribution is 2.29. The molecule has 7 nitrogen and oxygen atoms in total. The summed E-state index contributed by atoms with van der Waals surface area (Å²) in [5.41, 5.74) is 3.00. The van der Waals surface area contributed by atoms with E-state index in [4.69, 9.17) is 4.74 Å². The van der Waals surface area contributed by atoms with Gasteiger partial charge in [0, 0.05) is 29.4 Å². The van der Waals surface area contributed by atoms with E-state index in [2.05, 4.69) is 22.2 Å². The monoisotopic (exact) mass is 498 g/mol. The summed E-state index contributed by atoms with van der Waals surface area (Å²) in [6.07, 6.45) is 5.90. The van der Waals surface area contributed by atoms with Crippen LogP contribution in [0.25, 0.3) is 0 Å². The first-order valence-corrected chi connectivity index (χ1v) is 12.6. The largest absolute Gasteiger partial charge is 0.496 e. The van der Waals surface area contributed by atoms with Crippen LogP contribution in [0, 0.1) is 6.92 Å². The number of ether oxygens (including phenoxy) is 1. The number of aromatic nitrogens is 1. The Balaban J connectivity index is 1.36. The Morgan fingerprint density at radius 1 is 1.08 bits per heavy atom. The smallest absolute Gasteiger partial charge is 0.253 e. The molecule has 192 valence electrons. The maximum atomic E-state index is 12.9. The average Bonchev–Trinajstić information content (AvgIpc) is 3.37. The summed E-state index contributed by atoms with van der Waals surface area (Å²) in [4.78, 5) is 32.2. The standard InChI is InChI=1S/C30H34N4O3/c1-5-34(25-16-15-24(18-25)33-30(36)26-12-9-13-27(37-4)20(26)2)28-17-14-23(19-31-28)29(35)32-21(3)22-10-7-6-8-11-22/h5-14,17,19,21,24-25H,1,15-16,18H2,2-4H3,(H,32,35)(H,33,36). The molecule has 1 saturated carbocycles. The topological polar surface area (TPSA) is 83.6 Å². The number of pyridine rings is 1. The lowest BCUT2D eigenvalue weighted by Gasteiger charge is -2.26. The molecule has 0 saturated heterocycles. The number of rotatable bonds is 9. The Bertz CT molecular complexity index is 1240. The van der Waals surface area contributed by atoms with E-state index in [1.807, 2.05) is 73.3 Å². The summed E-state index contributed by atoms with van der Waals surface area (Å²) in [6.45, 7) is 7.83. The number of carbonyl (C=O) groups is 2. The van der Waals surface area contributed by atoms with Crippen molar-refractivity contribution in [2.45, 2.75) is 51.2 Å². The lowest BCUT2D eigenvalue weighted by molar-refractivity contribution is 0.0929.